The van der Waals surface area contributed by atoms with Crippen molar-refractivity contribution in [2.75, 3.05) is 10.2 Å². The Bertz CT molecular complexity index is 971. The molecule has 1 aromatic heterocycles. The zero-order valence-electron chi connectivity index (χ0n) is 15.0. The lowest BCUT2D eigenvalue weighted by Crippen LogP contribution is -2.36. The summed E-state index contributed by atoms with van der Waals surface area (Å²) in [4.78, 5) is 19.2. The first kappa shape index (κ1) is 17.6. The molecule has 27 heavy (non-hydrogen) atoms. The molecule has 2 heterocycles. The molecular weight excluding hydrogens is 358 g/mol. The molecular formula is C22H20ClN3O. The van der Waals surface area contributed by atoms with E-state index in [0.717, 1.165) is 28.4 Å². The summed E-state index contributed by atoms with van der Waals surface area (Å²) in [6.45, 7) is 2.67. The van der Waals surface area contributed by atoms with Crippen molar-refractivity contribution in [1.29, 1.82) is 0 Å². The average molecular weight is 378 g/mol. The highest BCUT2D eigenvalue weighted by Gasteiger charge is 2.31. The summed E-state index contributed by atoms with van der Waals surface area (Å²) in [5.41, 5.74) is 4.50. The normalized spacial score (nSPS) is 15.5. The van der Waals surface area contributed by atoms with E-state index in [1.54, 1.807) is 12.3 Å². The molecule has 4 nitrogen and oxygen atoms in total. The van der Waals surface area contributed by atoms with Crippen LogP contribution < -0.4 is 10.2 Å². The Morgan fingerprint density at radius 3 is 2.70 bits per heavy atom. The standard InChI is InChI=1S/C22H20ClN3O/c1-15-12-16-6-3-5-9-21(16)26(15)22(27)20-11-10-18(14-25-20)24-13-17-7-2-4-8-19(17)23/h2-11,14-15,24H,12-13H2,1H3. The molecule has 1 N–H and O–H groups in total. The van der Waals surface area contributed by atoms with Gasteiger partial charge >= 0.3 is 0 Å². The maximum absolute atomic E-state index is 13.0. The quantitative estimate of drug-likeness (QED) is 0.700. The molecule has 3 aromatic rings. The second kappa shape index (κ2) is 7.41. The fourth-order valence-corrected chi connectivity index (χ4v) is 3.66. The van der Waals surface area contributed by atoms with E-state index in [1.165, 1.54) is 5.56 Å². The summed E-state index contributed by atoms with van der Waals surface area (Å²) in [5.74, 6) is -0.0647. The molecule has 0 fully saturated rings. The summed E-state index contributed by atoms with van der Waals surface area (Å²) in [7, 11) is 0. The molecule has 136 valence electrons. The molecule has 1 aliphatic rings. The molecule has 1 unspecified atom stereocenters. The summed E-state index contributed by atoms with van der Waals surface area (Å²) in [6.07, 6.45) is 2.57. The molecule has 0 saturated carbocycles. The van der Waals surface area contributed by atoms with Gasteiger partial charge < -0.3 is 10.2 Å². The lowest BCUT2D eigenvalue weighted by atomic mass is 10.1. The van der Waals surface area contributed by atoms with Crippen molar-refractivity contribution >= 4 is 28.9 Å². The third-order valence-corrected chi connectivity index (χ3v) is 5.22. The van der Waals surface area contributed by atoms with Gasteiger partial charge in [-0.15, -0.1) is 0 Å². The Kier molecular flexibility index (Phi) is 4.82. The molecule has 1 aliphatic heterocycles. The first-order valence-electron chi connectivity index (χ1n) is 8.98. The number of carbonyl (C=O) groups is 1. The Hall–Kier alpha value is -2.85. The molecule has 2 aromatic carbocycles. The van der Waals surface area contributed by atoms with Gasteiger partial charge in [0.15, 0.2) is 0 Å². The number of rotatable bonds is 4. The lowest BCUT2D eigenvalue weighted by molar-refractivity contribution is 0.0976. The molecule has 0 radical (unpaired) electrons. The first-order valence-corrected chi connectivity index (χ1v) is 9.36. The maximum Gasteiger partial charge on any atom is 0.277 e. The number of benzene rings is 2. The van der Waals surface area contributed by atoms with E-state index >= 15 is 0 Å². The van der Waals surface area contributed by atoms with Crippen LogP contribution in [0.25, 0.3) is 0 Å². The summed E-state index contributed by atoms with van der Waals surface area (Å²) in [5, 5.41) is 4.02. The Morgan fingerprint density at radius 1 is 1.15 bits per heavy atom. The molecule has 1 atom stereocenters. The van der Waals surface area contributed by atoms with Crippen LogP contribution >= 0.6 is 11.6 Å². The predicted octanol–water partition coefficient (Wildman–Crippen LogP) is 4.94. The van der Waals surface area contributed by atoms with E-state index in [-0.39, 0.29) is 11.9 Å². The van der Waals surface area contributed by atoms with Crippen molar-refractivity contribution in [3.8, 4) is 0 Å². The van der Waals surface area contributed by atoms with Crippen LogP contribution in [0.4, 0.5) is 11.4 Å². The topological polar surface area (TPSA) is 45.2 Å². The van der Waals surface area contributed by atoms with Crippen LogP contribution in [0.1, 0.15) is 28.5 Å². The van der Waals surface area contributed by atoms with Crippen LogP contribution in [0.3, 0.4) is 0 Å². The van der Waals surface area contributed by atoms with Gasteiger partial charge in [-0.2, -0.15) is 0 Å². The largest absolute Gasteiger partial charge is 0.380 e. The van der Waals surface area contributed by atoms with Gasteiger partial charge in [-0.25, -0.2) is 4.98 Å². The number of anilines is 2. The van der Waals surface area contributed by atoms with E-state index in [2.05, 4.69) is 23.3 Å². The third-order valence-electron chi connectivity index (χ3n) is 4.85. The number of hydrogen-bond acceptors (Lipinski definition) is 3. The predicted molar refractivity (Wildman–Crippen MR) is 109 cm³/mol. The van der Waals surface area contributed by atoms with E-state index in [1.807, 2.05) is 53.4 Å². The second-order valence-corrected chi connectivity index (χ2v) is 7.14. The van der Waals surface area contributed by atoms with E-state index in [9.17, 15) is 4.79 Å². The number of halogens is 1. The van der Waals surface area contributed by atoms with E-state index in [4.69, 9.17) is 11.6 Å². The van der Waals surface area contributed by atoms with Crippen LogP contribution in [-0.2, 0) is 13.0 Å². The number of nitrogens with zero attached hydrogens (tertiary/aromatic N) is 2. The van der Waals surface area contributed by atoms with E-state index in [0.29, 0.717) is 12.2 Å². The number of fused-ring (bicyclic) bond motifs is 1. The SMILES string of the molecule is CC1Cc2ccccc2N1C(=O)c1ccc(NCc2ccccc2Cl)cn1. The minimum Gasteiger partial charge on any atom is -0.380 e. The highest BCUT2D eigenvalue weighted by atomic mass is 35.5. The monoisotopic (exact) mass is 377 g/mol. The highest BCUT2D eigenvalue weighted by molar-refractivity contribution is 6.31. The minimum absolute atomic E-state index is 0.0647. The molecule has 4 rings (SSSR count). The van der Waals surface area contributed by atoms with Gasteiger partial charge in [0.2, 0.25) is 0 Å². The van der Waals surface area contributed by atoms with Crippen LogP contribution in [0.2, 0.25) is 5.02 Å². The fourth-order valence-electron chi connectivity index (χ4n) is 3.46. The van der Waals surface area contributed by atoms with Crippen molar-refractivity contribution in [1.82, 2.24) is 4.98 Å². The number of aromatic nitrogens is 1. The van der Waals surface area contributed by atoms with Gasteiger partial charge in [-0.05, 0) is 48.7 Å². The van der Waals surface area contributed by atoms with Crippen molar-refractivity contribution < 1.29 is 4.79 Å². The fraction of sp³-hybridized carbons (Fsp3) is 0.182. The molecule has 5 heteroatoms. The highest BCUT2D eigenvalue weighted by Crippen LogP contribution is 2.32. The molecule has 0 bridgehead atoms. The number of pyridine rings is 1. The van der Waals surface area contributed by atoms with Crippen LogP contribution in [0.5, 0.6) is 0 Å². The smallest absolute Gasteiger partial charge is 0.277 e. The van der Waals surface area contributed by atoms with Crippen LogP contribution in [0.15, 0.2) is 66.9 Å². The van der Waals surface area contributed by atoms with Crippen molar-refractivity contribution in [2.45, 2.75) is 25.9 Å². The van der Waals surface area contributed by atoms with Gasteiger partial charge in [0, 0.05) is 23.3 Å². The average Bonchev–Trinajstić information content (AvgIpc) is 3.03. The van der Waals surface area contributed by atoms with Crippen molar-refractivity contribution in [3.05, 3.63) is 88.7 Å². The van der Waals surface area contributed by atoms with Gasteiger partial charge in [0.25, 0.3) is 5.91 Å². The summed E-state index contributed by atoms with van der Waals surface area (Å²) < 4.78 is 0. The van der Waals surface area contributed by atoms with Gasteiger partial charge in [0.05, 0.1) is 11.9 Å². The summed E-state index contributed by atoms with van der Waals surface area (Å²) in [6, 6.07) is 19.5. The van der Waals surface area contributed by atoms with Crippen molar-refractivity contribution in [2.24, 2.45) is 0 Å². The molecule has 0 saturated heterocycles. The van der Waals surface area contributed by atoms with E-state index < -0.39 is 0 Å². The van der Waals surface area contributed by atoms with Crippen molar-refractivity contribution in [3.63, 3.8) is 0 Å². The number of hydrogen-bond donors (Lipinski definition) is 1. The number of carbonyl (C=O) groups excluding carboxylic acids is 1. The molecule has 0 spiro atoms. The zero-order valence-corrected chi connectivity index (χ0v) is 15.8. The molecule has 1 amide bonds. The first-order chi connectivity index (χ1) is 13.1. The number of amides is 1. The van der Waals surface area contributed by atoms with Gasteiger partial charge in [0.1, 0.15) is 5.69 Å². The maximum atomic E-state index is 13.0. The van der Waals surface area contributed by atoms with Gasteiger partial charge in [-0.3, -0.25) is 4.79 Å². The van der Waals surface area contributed by atoms with Crippen LogP contribution in [-0.4, -0.2) is 16.9 Å². The lowest BCUT2D eigenvalue weighted by Gasteiger charge is -2.22. The Labute approximate surface area is 163 Å². The second-order valence-electron chi connectivity index (χ2n) is 6.73. The minimum atomic E-state index is -0.0647. The molecule has 0 aliphatic carbocycles. The van der Waals surface area contributed by atoms with Gasteiger partial charge in [-0.1, -0.05) is 48.0 Å². The number of para-hydroxylation sites is 1. The Balaban J connectivity index is 1.48. The third kappa shape index (κ3) is 3.53. The Morgan fingerprint density at radius 2 is 1.93 bits per heavy atom. The summed E-state index contributed by atoms with van der Waals surface area (Å²) >= 11 is 6.18. The number of nitrogens with one attached hydrogen (secondary N) is 1. The van der Waals surface area contributed by atoms with Crippen LogP contribution in [0, 0.1) is 0 Å². The zero-order chi connectivity index (χ0) is 18.8.